The van der Waals surface area contributed by atoms with Gasteiger partial charge in [0.05, 0.1) is 26.7 Å². The molecule has 1 aliphatic rings. The lowest BCUT2D eigenvalue weighted by Crippen LogP contribution is -2.43. The van der Waals surface area contributed by atoms with Gasteiger partial charge in [0.15, 0.2) is 0 Å². The molecule has 0 aromatic carbocycles. The summed E-state index contributed by atoms with van der Waals surface area (Å²) >= 11 is 0. The minimum atomic E-state index is 0.972. The van der Waals surface area contributed by atoms with Gasteiger partial charge < -0.3 is 4.48 Å². The second-order valence-electron chi connectivity index (χ2n) is 4.28. The standard InChI is InChI=1S/C9H20N/c1-5-6-10(3,4)9-7-8(9)2/h8-9H,5-7H2,1-4H3/q+1. The van der Waals surface area contributed by atoms with E-state index in [0.29, 0.717) is 0 Å². The van der Waals surface area contributed by atoms with Gasteiger partial charge in [-0.3, -0.25) is 0 Å². The zero-order valence-electron chi connectivity index (χ0n) is 7.72. The summed E-state index contributed by atoms with van der Waals surface area (Å²) in [6.45, 7) is 5.97. The van der Waals surface area contributed by atoms with Crippen LogP contribution in [-0.4, -0.2) is 31.2 Å². The molecule has 2 atom stereocenters. The molecule has 1 heteroatoms. The first-order valence-electron chi connectivity index (χ1n) is 4.40. The highest BCUT2D eigenvalue weighted by atomic mass is 15.4. The molecule has 1 aliphatic carbocycles. The van der Waals surface area contributed by atoms with Gasteiger partial charge in [0, 0.05) is 12.3 Å². The number of hydrogen-bond donors (Lipinski definition) is 0. The van der Waals surface area contributed by atoms with E-state index in [4.69, 9.17) is 0 Å². The molecular weight excluding hydrogens is 122 g/mol. The van der Waals surface area contributed by atoms with Crippen LogP contribution in [-0.2, 0) is 0 Å². The van der Waals surface area contributed by atoms with Crippen LogP contribution in [0.1, 0.15) is 26.7 Å². The summed E-state index contributed by atoms with van der Waals surface area (Å²) in [4.78, 5) is 0. The Balaban J connectivity index is 2.36. The number of quaternary nitrogens is 1. The van der Waals surface area contributed by atoms with Gasteiger partial charge in [-0.15, -0.1) is 0 Å². The maximum atomic E-state index is 2.36. The van der Waals surface area contributed by atoms with Crippen LogP contribution in [0.3, 0.4) is 0 Å². The predicted molar refractivity (Wildman–Crippen MR) is 44.8 cm³/mol. The van der Waals surface area contributed by atoms with Gasteiger partial charge in [-0.2, -0.15) is 0 Å². The summed E-state index contributed by atoms with van der Waals surface area (Å²) in [6.07, 6.45) is 2.77. The van der Waals surface area contributed by atoms with Gasteiger partial charge in [0.1, 0.15) is 0 Å². The van der Waals surface area contributed by atoms with Crippen molar-refractivity contribution in [2.75, 3.05) is 20.6 Å². The van der Waals surface area contributed by atoms with E-state index in [1.165, 1.54) is 23.9 Å². The fourth-order valence-electron chi connectivity index (χ4n) is 2.02. The lowest BCUT2D eigenvalue weighted by atomic mass is 10.3. The SMILES string of the molecule is CCC[N+](C)(C)C1CC1C. The molecule has 0 aromatic heterocycles. The molecule has 1 saturated carbocycles. The number of nitrogens with zero attached hydrogens (tertiary/aromatic N) is 1. The summed E-state index contributed by atoms with van der Waals surface area (Å²) in [7, 11) is 4.72. The number of hydrogen-bond acceptors (Lipinski definition) is 0. The molecule has 10 heavy (non-hydrogen) atoms. The molecule has 0 saturated heterocycles. The minimum Gasteiger partial charge on any atom is -0.326 e. The molecule has 60 valence electrons. The van der Waals surface area contributed by atoms with Crippen LogP contribution in [0.15, 0.2) is 0 Å². The van der Waals surface area contributed by atoms with Gasteiger partial charge in [0.25, 0.3) is 0 Å². The predicted octanol–water partition coefficient (Wildman–Crippen LogP) is 1.88. The van der Waals surface area contributed by atoms with Crippen LogP contribution in [0.2, 0.25) is 0 Å². The molecule has 0 aliphatic heterocycles. The van der Waals surface area contributed by atoms with E-state index in [-0.39, 0.29) is 0 Å². The molecule has 0 bridgehead atoms. The first-order chi connectivity index (χ1) is 4.58. The molecule has 1 fully saturated rings. The van der Waals surface area contributed by atoms with E-state index in [1.807, 2.05) is 0 Å². The zero-order chi connectivity index (χ0) is 7.78. The van der Waals surface area contributed by atoms with Crippen LogP contribution in [0, 0.1) is 5.92 Å². The fourth-order valence-corrected chi connectivity index (χ4v) is 2.02. The van der Waals surface area contributed by atoms with E-state index in [1.54, 1.807) is 0 Å². The normalized spacial score (nSPS) is 32.4. The molecule has 0 N–H and O–H groups in total. The Bertz CT molecular complexity index is 118. The molecule has 0 heterocycles. The first-order valence-corrected chi connectivity index (χ1v) is 4.40. The summed E-state index contributed by atoms with van der Waals surface area (Å²) in [6, 6.07) is 0.972. The average molecular weight is 142 g/mol. The van der Waals surface area contributed by atoms with E-state index in [9.17, 15) is 0 Å². The van der Waals surface area contributed by atoms with Crippen molar-refractivity contribution < 1.29 is 4.48 Å². The summed E-state index contributed by atoms with van der Waals surface area (Å²) in [5.74, 6) is 0.988. The highest BCUT2D eigenvalue weighted by Gasteiger charge is 2.45. The Morgan fingerprint density at radius 3 is 2.20 bits per heavy atom. The van der Waals surface area contributed by atoms with Crippen LogP contribution < -0.4 is 0 Å². The van der Waals surface area contributed by atoms with E-state index in [0.717, 1.165) is 12.0 Å². The second-order valence-corrected chi connectivity index (χ2v) is 4.28. The van der Waals surface area contributed by atoms with Crippen LogP contribution >= 0.6 is 0 Å². The molecule has 2 unspecified atom stereocenters. The third-order valence-corrected chi connectivity index (χ3v) is 2.76. The minimum absolute atomic E-state index is 0.972. The van der Waals surface area contributed by atoms with E-state index in [2.05, 4.69) is 27.9 Å². The Hall–Kier alpha value is -0.0400. The molecule has 1 nitrogen and oxygen atoms in total. The summed E-state index contributed by atoms with van der Waals surface area (Å²) in [5.41, 5.74) is 0. The van der Waals surface area contributed by atoms with Gasteiger partial charge in [-0.1, -0.05) is 13.8 Å². The van der Waals surface area contributed by atoms with Crippen molar-refractivity contribution in [1.29, 1.82) is 0 Å². The van der Waals surface area contributed by atoms with Crippen molar-refractivity contribution in [3.8, 4) is 0 Å². The topological polar surface area (TPSA) is 0 Å². The van der Waals surface area contributed by atoms with Crippen molar-refractivity contribution >= 4 is 0 Å². The third-order valence-electron chi connectivity index (χ3n) is 2.76. The van der Waals surface area contributed by atoms with Crippen molar-refractivity contribution in [2.45, 2.75) is 32.7 Å². The van der Waals surface area contributed by atoms with Gasteiger partial charge in [-0.25, -0.2) is 0 Å². The van der Waals surface area contributed by atoms with Crippen molar-refractivity contribution in [3.63, 3.8) is 0 Å². The summed E-state index contributed by atoms with van der Waals surface area (Å²) < 4.78 is 1.25. The van der Waals surface area contributed by atoms with Gasteiger partial charge in [-0.05, 0) is 6.42 Å². The Morgan fingerprint density at radius 2 is 1.90 bits per heavy atom. The zero-order valence-corrected chi connectivity index (χ0v) is 7.72. The highest BCUT2D eigenvalue weighted by molar-refractivity contribution is 4.83. The quantitative estimate of drug-likeness (QED) is 0.528. The molecule has 0 aromatic rings. The Morgan fingerprint density at radius 1 is 1.40 bits per heavy atom. The molecule has 0 spiro atoms. The van der Waals surface area contributed by atoms with Crippen LogP contribution in [0.25, 0.3) is 0 Å². The monoisotopic (exact) mass is 142 g/mol. The molecule has 1 rings (SSSR count). The van der Waals surface area contributed by atoms with Crippen molar-refractivity contribution in [1.82, 2.24) is 0 Å². The fraction of sp³-hybridized carbons (Fsp3) is 1.00. The van der Waals surface area contributed by atoms with Gasteiger partial charge in [0.2, 0.25) is 0 Å². The second kappa shape index (κ2) is 2.54. The van der Waals surface area contributed by atoms with Crippen LogP contribution in [0.5, 0.6) is 0 Å². The van der Waals surface area contributed by atoms with E-state index < -0.39 is 0 Å². The highest BCUT2D eigenvalue weighted by Crippen LogP contribution is 2.37. The lowest BCUT2D eigenvalue weighted by molar-refractivity contribution is -0.902. The maximum absolute atomic E-state index is 2.36. The molecule has 0 radical (unpaired) electrons. The van der Waals surface area contributed by atoms with Crippen LogP contribution in [0.4, 0.5) is 0 Å². The van der Waals surface area contributed by atoms with E-state index >= 15 is 0 Å². The Kier molecular flexibility index (Phi) is 2.04. The maximum Gasteiger partial charge on any atom is 0.0919 e. The largest absolute Gasteiger partial charge is 0.326 e. The Labute approximate surface area is 64.6 Å². The third kappa shape index (κ3) is 1.51. The van der Waals surface area contributed by atoms with Gasteiger partial charge >= 0.3 is 0 Å². The smallest absolute Gasteiger partial charge is 0.0919 e. The number of rotatable bonds is 3. The lowest BCUT2D eigenvalue weighted by Gasteiger charge is -2.29. The molecular formula is C9H20N+. The van der Waals surface area contributed by atoms with Crippen molar-refractivity contribution in [3.05, 3.63) is 0 Å². The summed E-state index contributed by atoms with van der Waals surface area (Å²) in [5, 5.41) is 0. The first kappa shape index (κ1) is 8.06. The van der Waals surface area contributed by atoms with Crippen molar-refractivity contribution in [2.24, 2.45) is 5.92 Å². The average Bonchev–Trinajstić information content (AvgIpc) is 2.46. The molecule has 0 amide bonds.